The number of thioether (sulfide) groups is 1. The summed E-state index contributed by atoms with van der Waals surface area (Å²) in [6, 6.07) is 11.2. The Morgan fingerprint density at radius 3 is 2.43 bits per heavy atom. The van der Waals surface area contributed by atoms with Crippen LogP contribution in [0.25, 0.3) is 0 Å². The SMILES string of the molecule is CSc1ccc(C(c2ccsc2)N2CCC(C(=O)O)CC2)cc1. The largest absolute Gasteiger partial charge is 0.481 e. The Balaban J connectivity index is 1.83. The van der Waals surface area contributed by atoms with Gasteiger partial charge in [0.2, 0.25) is 0 Å². The first-order valence-electron chi connectivity index (χ1n) is 7.82. The van der Waals surface area contributed by atoms with Crippen molar-refractivity contribution in [3.05, 3.63) is 52.2 Å². The molecule has 1 aliphatic rings. The minimum atomic E-state index is -0.652. The quantitative estimate of drug-likeness (QED) is 0.816. The van der Waals surface area contributed by atoms with Crippen LogP contribution in [0, 0.1) is 5.92 Å². The van der Waals surface area contributed by atoms with E-state index < -0.39 is 5.97 Å². The highest BCUT2D eigenvalue weighted by Gasteiger charge is 2.30. The fraction of sp³-hybridized carbons (Fsp3) is 0.389. The molecule has 1 aromatic heterocycles. The van der Waals surface area contributed by atoms with Crippen LogP contribution >= 0.6 is 23.1 Å². The maximum atomic E-state index is 11.2. The highest BCUT2D eigenvalue weighted by atomic mass is 32.2. The summed E-state index contributed by atoms with van der Waals surface area (Å²) in [5, 5.41) is 13.5. The molecule has 1 N–H and O–H groups in total. The van der Waals surface area contributed by atoms with Gasteiger partial charge in [-0.3, -0.25) is 9.69 Å². The Bertz CT molecular complexity index is 632. The van der Waals surface area contributed by atoms with E-state index in [-0.39, 0.29) is 12.0 Å². The predicted molar refractivity (Wildman–Crippen MR) is 96.3 cm³/mol. The maximum Gasteiger partial charge on any atom is 0.306 e. The molecule has 0 amide bonds. The predicted octanol–water partition coefficient (Wildman–Crippen LogP) is 4.36. The van der Waals surface area contributed by atoms with Gasteiger partial charge in [-0.25, -0.2) is 0 Å². The van der Waals surface area contributed by atoms with Gasteiger partial charge in [-0.05, 0) is 72.3 Å². The highest BCUT2D eigenvalue weighted by Crippen LogP contribution is 2.34. The van der Waals surface area contributed by atoms with Crippen molar-refractivity contribution in [2.45, 2.75) is 23.8 Å². The number of hydrogen-bond donors (Lipinski definition) is 1. The monoisotopic (exact) mass is 347 g/mol. The molecule has 1 aliphatic heterocycles. The Labute approximate surface area is 145 Å². The van der Waals surface area contributed by atoms with Gasteiger partial charge in [0.15, 0.2) is 0 Å². The van der Waals surface area contributed by atoms with Crippen molar-refractivity contribution in [2.24, 2.45) is 5.92 Å². The van der Waals surface area contributed by atoms with Gasteiger partial charge in [-0.15, -0.1) is 11.8 Å². The Morgan fingerprint density at radius 1 is 1.22 bits per heavy atom. The van der Waals surface area contributed by atoms with Gasteiger partial charge in [0.25, 0.3) is 0 Å². The summed E-state index contributed by atoms with van der Waals surface area (Å²) in [5.41, 5.74) is 2.59. The third kappa shape index (κ3) is 3.79. The van der Waals surface area contributed by atoms with Crippen molar-refractivity contribution in [1.82, 2.24) is 4.90 Å². The van der Waals surface area contributed by atoms with Crippen LogP contribution in [0.15, 0.2) is 46.0 Å². The molecule has 3 rings (SSSR count). The summed E-state index contributed by atoms with van der Waals surface area (Å²) in [5.74, 6) is -0.839. The lowest BCUT2D eigenvalue weighted by atomic mass is 9.92. The van der Waals surface area contributed by atoms with E-state index in [4.69, 9.17) is 0 Å². The summed E-state index contributed by atoms with van der Waals surface area (Å²) >= 11 is 3.46. The molecule has 0 spiro atoms. The van der Waals surface area contributed by atoms with E-state index in [1.807, 2.05) is 0 Å². The number of nitrogens with zero attached hydrogens (tertiary/aromatic N) is 1. The fourth-order valence-electron chi connectivity index (χ4n) is 3.24. The molecule has 3 nitrogen and oxygen atoms in total. The number of aliphatic carboxylic acids is 1. The van der Waals surface area contributed by atoms with Gasteiger partial charge in [-0.2, -0.15) is 11.3 Å². The lowest BCUT2D eigenvalue weighted by Crippen LogP contribution is -2.39. The average molecular weight is 348 g/mol. The maximum absolute atomic E-state index is 11.2. The van der Waals surface area contributed by atoms with Gasteiger partial charge >= 0.3 is 5.97 Å². The van der Waals surface area contributed by atoms with Gasteiger partial charge in [0.05, 0.1) is 12.0 Å². The van der Waals surface area contributed by atoms with E-state index in [1.54, 1.807) is 23.1 Å². The number of hydrogen-bond acceptors (Lipinski definition) is 4. The Hall–Kier alpha value is -1.30. The molecule has 2 aromatic rings. The zero-order valence-electron chi connectivity index (χ0n) is 13.1. The molecule has 0 saturated carbocycles. The van der Waals surface area contributed by atoms with Crippen LogP contribution in [0.1, 0.15) is 30.0 Å². The minimum absolute atomic E-state index is 0.187. The second kappa shape index (κ2) is 7.51. The zero-order valence-corrected chi connectivity index (χ0v) is 14.8. The smallest absolute Gasteiger partial charge is 0.306 e. The van der Waals surface area contributed by atoms with Crippen LogP contribution in [0.5, 0.6) is 0 Å². The van der Waals surface area contributed by atoms with Crippen LogP contribution in [0.2, 0.25) is 0 Å². The van der Waals surface area contributed by atoms with Crippen LogP contribution in [-0.4, -0.2) is 35.3 Å². The van der Waals surface area contributed by atoms with Crippen LogP contribution in [-0.2, 0) is 4.79 Å². The number of carboxylic acids is 1. The number of likely N-dealkylation sites (tertiary alicyclic amines) is 1. The number of thiophene rings is 1. The third-order valence-corrected chi connectivity index (χ3v) is 5.98. The minimum Gasteiger partial charge on any atom is -0.481 e. The van der Waals surface area contributed by atoms with Gasteiger partial charge in [0, 0.05) is 4.90 Å². The topological polar surface area (TPSA) is 40.5 Å². The number of piperidine rings is 1. The van der Waals surface area contributed by atoms with Gasteiger partial charge < -0.3 is 5.11 Å². The van der Waals surface area contributed by atoms with Crippen molar-refractivity contribution >= 4 is 29.1 Å². The molecular formula is C18H21NO2S2. The molecule has 0 bridgehead atoms. The third-order valence-electron chi connectivity index (χ3n) is 4.53. The van der Waals surface area contributed by atoms with Crippen molar-refractivity contribution in [2.75, 3.05) is 19.3 Å². The lowest BCUT2D eigenvalue weighted by molar-refractivity contribution is -0.143. The number of carboxylic acid groups (broad SMARTS) is 1. The normalized spacial score (nSPS) is 18.0. The second-order valence-corrected chi connectivity index (χ2v) is 7.54. The first kappa shape index (κ1) is 16.6. The molecule has 1 fully saturated rings. The molecule has 1 aromatic carbocycles. The summed E-state index contributed by atoms with van der Waals surface area (Å²) < 4.78 is 0. The first-order chi connectivity index (χ1) is 11.2. The molecular weight excluding hydrogens is 326 g/mol. The van der Waals surface area contributed by atoms with Crippen molar-refractivity contribution in [3.8, 4) is 0 Å². The molecule has 122 valence electrons. The van der Waals surface area contributed by atoms with Gasteiger partial charge in [-0.1, -0.05) is 12.1 Å². The molecule has 1 unspecified atom stereocenters. The molecule has 1 saturated heterocycles. The zero-order chi connectivity index (χ0) is 16.2. The van der Waals surface area contributed by atoms with E-state index in [1.165, 1.54) is 16.0 Å². The number of carbonyl (C=O) groups is 1. The summed E-state index contributed by atoms with van der Waals surface area (Å²) in [7, 11) is 0. The van der Waals surface area contributed by atoms with E-state index in [0.29, 0.717) is 0 Å². The lowest BCUT2D eigenvalue weighted by Gasteiger charge is -2.36. The summed E-state index contributed by atoms with van der Waals surface area (Å²) in [6.07, 6.45) is 3.56. The average Bonchev–Trinajstić information content (AvgIpc) is 3.10. The second-order valence-electron chi connectivity index (χ2n) is 5.88. The van der Waals surface area contributed by atoms with Crippen LogP contribution < -0.4 is 0 Å². The molecule has 5 heteroatoms. The van der Waals surface area contributed by atoms with E-state index in [2.05, 4.69) is 52.2 Å². The molecule has 2 heterocycles. The van der Waals surface area contributed by atoms with Crippen LogP contribution in [0.4, 0.5) is 0 Å². The fourth-order valence-corrected chi connectivity index (χ4v) is 4.32. The van der Waals surface area contributed by atoms with Crippen molar-refractivity contribution < 1.29 is 9.90 Å². The molecule has 0 radical (unpaired) electrons. The van der Waals surface area contributed by atoms with E-state index >= 15 is 0 Å². The van der Waals surface area contributed by atoms with Crippen molar-refractivity contribution in [3.63, 3.8) is 0 Å². The molecule has 1 atom stereocenters. The van der Waals surface area contributed by atoms with Gasteiger partial charge in [0.1, 0.15) is 0 Å². The molecule has 0 aliphatic carbocycles. The summed E-state index contributed by atoms with van der Waals surface area (Å²) in [6.45, 7) is 1.67. The van der Waals surface area contributed by atoms with Crippen LogP contribution in [0.3, 0.4) is 0 Å². The Morgan fingerprint density at radius 2 is 1.91 bits per heavy atom. The highest BCUT2D eigenvalue weighted by molar-refractivity contribution is 7.98. The number of rotatable bonds is 5. The Kier molecular flexibility index (Phi) is 5.41. The van der Waals surface area contributed by atoms with Crippen molar-refractivity contribution in [1.29, 1.82) is 0 Å². The standard InChI is InChI=1S/C18H21NO2S2/c1-22-16-4-2-13(3-5-16)17(15-8-11-23-12-15)19-9-6-14(7-10-19)18(20)21/h2-5,8,11-12,14,17H,6-7,9-10H2,1H3,(H,20,21). The first-order valence-corrected chi connectivity index (χ1v) is 9.98. The number of benzene rings is 1. The van der Waals surface area contributed by atoms with E-state index in [9.17, 15) is 9.90 Å². The van der Waals surface area contributed by atoms with E-state index in [0.717, 1.165) is 25.9 Å². The summed E-state index contributed by atoms with van der Waals surface area (Å²) in [4.78, 5) is 14.9. The molecule has 23 heavy (non-hydrogen) atoms.